The Hall–Kier alpha value is -3.85. The van der Waals surface area contributed by atoms with Crippen LogP contribution in [0.15, 0.2) is 70.7 Å². The van der Waals surface area contributed by atoms with E-state index in [-0.39, 0.29) is 11.8 Å². The molecule has 1 fully saturated rings. The number of rotatable bonds is 4. The van der Waals surface area contributed by atoms with Crippen molar-refractivity contribution >= 4 is 41.3 Å². The monoisotopic (exact) mass is 487 g/mol. The van der Waals surface area contributed by atoms with Gasteiger partial charge in [-0.1, -0.05) is 23.9 Å². The number of aromatic nitrogens is 2. The lowest BCUT2D eigenvalue weighted by Gasteiger charge is -2.35. The highest BCUT2D eigenvalue weighted by Crippen LogP contribution is 2.42. The Labute approximate surface area is 208 Å². The van der Waals surface area contributed by atoms with Crippen LogP contribution in [0.25, 0.3) is 6.08 Å². The summed E-state index contributed by atoms with van der Waals surface area (Å²) in [5.41, 5.74) is 2.21. The Kier molecular flexibility index (Phi) is 6.41. The number of methoxy groups -OCH3 is 1. The van der Waals surface area contributed by atoms with Gasteiger partial charge in [0.25, 0.3) is 11.8 Å². The van der Waals surface area contributed by atoms with E-state index in [4.69, 9.17) is 4.74 Å². The third-order valence-electron chi connectivity index (χ3n) is 6.10. The number of amides is 2. The maximum Gasteiger partial charge on any atom is 0.264 e. The van der Waals surface area contributed by atoms with Gasteiger partial charge in [-0.25, -0.2) is 9.97 Å². The molecule has 2 aliphatic heterocycles. The number of carbonyl (C=O) groups is 2. The molecule has 1 aromatic heterocycles. The molecule has 35 heavy (non-hydrogen) atoms. The SMILES string of the molecule is COc1cccc(/C=C2/Sc3ccc(C(=O)N4CCN(c5ncccn5)CC4)cc3N(C)C2=O)c1. The minimum atomic E-state index is -0.105. The predicted octanol–water partition coefficient (Wildman–Crippen LogP) is 3.56. The van der Waals surface area contributed by atoms with Gasteiger partial charge in [0.1, 0.15) is 5.75 Å². The Morgan fingerprint density at radius 2 is 1.80 bits per heavy atom. The Bertz CT molecular complexity index is 1290. The van der Waals surface area contributed by atoms with Gasteiger partial charge in [-0.2, -0.15) is 0 Å². The number of likely N-dealkylation sites (N-methyl/N-ethyl adjacent to an activating group) is 1. The zero-order valence-corrected chi connectivity index (χ0v) is 20.4. The second-order valence-corrected chi connectivity index (χ2v) is 9.35. The van der Waals surface area contributed by atoms with Crippen LogP contribution in [0, 0.1) is 0 Å². The van der Waals surface area contributed by atoms with E-state index < -0.39 is 0 Å². The van der Waals surface area contributed by atoms with Crippen LogP contribution in [0.4, 0.5) is 11.6 Å². The maximum absolute atomic E-state index is 13.2. The van der Waals surface area contributed by atoms with E-state index in [2.05, 4.69) is 14.9 Å². The highest BCUT2D eigenvalue weighted by atomic mass is 32.2. The van der Waals surface area contributed by atoms with Gasteiger partial charge in [0.05, 0.1) is 17.7 Å². The molecule has 3 aromatic rings. The second-order valence-electron chi connectivity index (χ2n) is 8.26. The molecule has 2 amide bonds. The molecule has 178 valence electrons. The van der Waals surface area contributed by atoms with Crippen LogP contribution < -0.4 is 14.5 Å². The lowest BCUT2D eigenvalue weighted by molar-refractivity contribution is -0.114. The summed E-state index contributed by atoms with van der Waals surface area (Å²) < 4.78 is 5.29. The molecule has 3 heterocycles. The summed E-state index contributed by atoms with van der Waals surface area (Å²) in [6.45, 7) is 2.52. The van der Waals surface area contributed by atoms with Crippen LogP contribution in [0.1, 0.15) is 15.9 Å². The molecule has 0 radical (unpaired) electrons. The molecule has 0 saturated carbocycles. The van der Waals surface area contributed by atoms with Gasteiger partial charge < -0.3 is 19.4 Å². The van der Waals surface area contributed by atoms with Gasteiger partial charge in [0.15, 0.2) is 0 Å². The van der Waals surface area contributed by atoms with E-state index in [0.29, 0.717) is 42.6 Å². The normalized spacial score (nSPS) is 16.9. The molecule has 5 rings (SSSR count). The van der Waals surface area contributed by atoms with Crippen molar-refractivity contribution in [1.82, 2.24) is 14.9 Å². The predicted molar refractivity (Wildman–Crippen MR) is 137 cm³/mol. The van der Waals surface area contributed by atoms with Crippen molar-refractivity contribution in [2.24, 2.45) is 0 Å². The van der Waals surface area contributed by atoms with E-state index in [1.807, 2.05) is 53.4 Å². The topological polar surface area (TPSA) is 78.9 Å². The van der Waals surface area contributed by atoms with Gasteiger partial charge >= 0.3 is 0 Å². The summed E-state index contributed by atoms with van der Waals surface area (Å²) in [6.07, 6.45) is 5.31. The molecule has 0 atom stereocenters. The van der Waals surface area contributed by atoms with Gasteiger partial charge in [-0.3, -0.25) is 9.59 Å². The quantitative estimate of drug-likeness (QED) is 0.521. The fraction of sp³-hybridized carbons (Fsp3) is 0.231. The van der Waals surface area contributed by atoms with E-state index in [1.165, 1.54) is 11.8 Å². The van der Waals surface area contributed by atoms with Crippen molar-refractivity contribution in [2.75, 3.05) is 50.1 Å². The van der Waals surface area contributed by atoms with Crippen molar-refractivity contribution in [3.8, 4) is 5.75 Å². The molecule has 8 nitrogen and oxygen atoms in total. The van der Waals surface area contributed by atoms with E-state index in [0.717, 1.165) is 21.9 Å². The van der Waals surface area contributed by atoms with Crippen LogP contribution in [0.5, 0.6) is 5.75 Å². The average Bonchev–Trinajstić information content (AvgIpc) is 2.92. The van der Waals surface area contributed by atoms with Crippen LogP contribution in [-0.2, 0) is 4.79 Å². The molecule has 2 aromatic carbocycles. The Morgan fingerprint density at radius 3 is 2.54 bits per heavy atom. The highest BCUT2D eigenvalue weighted by Gasteiger charge is 2.29. The van der Waals surface area contributed by atoms with Crippen LogP contribution in [0.2, 0.25) is 0 Å². The average molecular weight is 488 g/mol. The number of nitrogens with zero attached hydrogens (tertiary/aromatic N) is 5. The van der Waals surface area contributed by atoms with Gasteiger partial charge in [0.2, 0.25) is 5.95 Å². The lowest BCUT2D eigenvalue weighted by Crippen LogP contribution is -2.49. The number of thioether (sulfide) groups is 1. The van der Waals surface area contributed by atoms with Gasteiger partial charge in [-0.05, 0) is 48.0 Å². The minimum Gasteiger partial charge on any atom is -0.497 e. The third kappa shape index (κ3) is 4.72. The van der Waals surface area contributed by atoms with Crippen LogP contribution in [-0.4, -0.2) is 67.0 Å². The minimum absolute atomic E-state index is 0.0370. The van der Waals surface area contributed by atoms with Crippen molar-refractivity contribution in [2.45, 2.75) is 4.90 Å². The summed E-state index contributed by atoms with van der Waals surface area (Å²) in [6, 6.07) is 15.0. The van der Waals surface area contributed by atoms with Crippen LogP contribution in [0.3, 0.4) is 0 Å². The first-order chi connectivity index (χ1) is 17.0. The second kappa shape index (κ2) is 9.79. The summed E-state index contributed by atoms with van der Waals surface area (Å²) in [4.78, 5) is 42.0. The maximum atomic E-state index is 13.2. The molecular weight excluding hydrogens is 462 g/mol. The lowest BCUT2D eigenvalue weighted by atomic mass is 10.1. The molecule has 0 aliphatic carbocycles. The number of carbonyl (C=O) groups excluding carboxylic acids is 2. The first kappa shape index (κ1) is 22.9. The van der Waals surface area contributed by atoms with Crippen molar-refractivity contribution in [3.63, 3.8) is 0 Å². The number of ether oxygens (including phenoxy) is 1. The van der Waals surface area contributed by atoms with Gasteiger partial charge in [0, 0.05) is 56.1 Å². The molecule has 2 aliphatic rings. The first-order valence-electron chi connectivity index (χ1n) is 11.3. The number of hydrogen-bond acceptors (Lipinski definition) is 7. The van der Waals surface area contributed by atoms with Crippen molar-refractivity contribution < 1.29 is 14.3 Å². The smallest absolute Gasteiger partial charge is 0.264 e. The van der Waals surface area contributed by atoms with Crippen molar-refractivity contribution in [1.29, 1.82) is 0 Å². The molecule has 0 spiro atoms. The summed E-state index contributed by atoms with van der Waals surface area (Å²) in [5, 5.41) is 0. The van der Waals surface area contributed by atoms with Crippen LogP contribution >= 0.6 is 11.8 Å². The Morgan fingerprint density at radius 1 is 1.03 bits per heavy atom. The molecular formula is C26H25N5O3S. The van der Waals surface area contributed by atoms with E-state index >= 15 is 0 Å². The zero-order valence-electron chi connectivity index (χ0n) is 19.5. The van der Waals surface area contributed by atoms with Crippen molar-refractivity contribution in [3.05, 3.63) is 77.0 Å². The standard InChI is InChI=1S/C26H25N5O3S/c1-29-21-17-19(24(32)30-11-13-31(14-12-30)26-27-9-4-10-28-26)7-8-22(21)35-23(25(29)33)16-18-5-3-6-20(15-18)34-2/h3-10,15-17H,11-14H2,1-2H3/b23-16+. The summed E-state index contributed by atoms with van der Waals surface area (Å²) in [7, 11) is 3.36. The molecule has 0 bridgehead atoms. The first-order valence-corrected chi connectivity index (χ1v) is 12.1. The fourth-order valence-corrected chi connectivity index (χ4v) is 5.25. The summed E-state index contributed by atoms with van der Waals surface area (Å²) in [5.74, 6) is 1.28. The number of anilines is 2. The molecule has 0 unspecified atom stereocenters. The zero-order chi connectivity index (χ0) is 24.4. The summed E-state index contributed by atoms with van der Waals surface area (Å²) >= 11 is 1.41. The van der Waals surface area contributed by atoms with E-state index in [1.54, 1.807) is 37.5 Å². The fourth-order valence-electron chi connectivity index (χ4n) is 4.16. The highest BCUT2D eigenvalue weighted by molar-refractivity contribution is 8.04. The third-order valence-corrected chi connectivity index (χ3v) is 7.17. The number of fused-ring (bicyclic) bond motifs is 1. The number of benzene rings is 2. The number of piperazine rings is 1. The largest absolute Gasteiger partial charge is 0.497 e. The number of hydrogen-bond donors (Lipinski definition) is 0. The molecule has 9 heteroatoms. The van der Waals surface area contributed by atoms with E-state index in [9.17, 15) is 9.59 Å². The van der Waals surface area contributed by atoms with Gasteiger partial charge in [-0.15, -0.1) is 0 Å². The molecule has 0 N–H and O–H groups in total. The molecule has 1 saturated heterocycles. The Balaban J connectivity index is 1.31.